The second-order valence-electron chi connectivity index (χ2n) is 3.98. The predicted molar refractivity (Wildman–Crippen MR) is 73.3 cm³/mol. The van der Waals surface area contributed by atoms with Crippen molar-refractivity contribution in [3.8, 4) is 0 Å². The van der Waals surface area contributed by atoms with Gasteiger partial charge in [-0.15, -0.1) is 0 Å². The fraction of sp³-hybridized carbons (Fsp3) is 0.364. The van der Waals surface area contributed by atoms with Gasteiger partial charge in [-0.05, 0) is 18.6 Å². The normalized spacial score (nSPS) is 11.8. The second kappa shape index (κ2) is 6.09. The van der Waals surface area contributed by atoms with Crippen LogP contribution in [0.2, 0.25) is 10.0 Å². The van der Waals surface area contributed by atoms with Gasteiger partial charge in [-0.3, -0.25) is 4.79 Å². The molecule has 0 aliphatic carbocycles. The van der Waals surface area contributed by atoms with E-state index in [0.29, 0.717) is 5.56 Å². The summed E-state index contributed by atoms with van der Waals surface area (Å²) in [5.74, 6) is -1.08. The van der Waals surface area contributed by atoms with Gasteiger partial charge < -0.3 is 5.11 Å². The predicted octanol–water partition coefficient (Wildman–Crippen LogP) is 2.40. The minimum absolute atomic E-state index is 0.0118. The Bertz CT molecular complexity index is 601. The monoisotopic (exact) mass is 325 g/mol. The Hall–Kier alpha value is -0.820. The second-order valence-corrected chi connectivity index (χ2v) is 6.74. The van der Waals surface area contributed by atoms with Crippen molar-refractivity contribution < 1.29 is 18.3 Å². The molecule has 1 aromatic rings. The van der Waals surface area contributed by atoms with Gasteiger partial charge in [0.15, 0.2) is 0 Å². The van der Waals surface area contributed by atoms with E-state index in [9.17, 15) is 13.2 Å². The number of carbonyl (C=O) groups is 1. The molecule has 0 unspecified atom stereocenters. The van der Waals surface area contributed by atoms with Gasteiger partial charge in [-0.2, -0.15) is 0 Å². The van der Waals surface area contributed by atoms with Crippen molar-refractivity contribution in [3.63, 3.8) is 0 Å². The van der Waals surface area contributed by atoms with Crippen LogP contribution in [0.1, 0.15) is 12.0 Å². The van der Waals surface area contributed by atoms with Crippen molar-refractivity contribution >= 4 is 39.2 Å². The SMILES string of the molecule is Cc1ccc(Cl)c(S(=O)(=O)N(C)CCC(=O)O)c1Cl. The molecule has 0 spiro atoms. The van der Waals surface area contributed by atoms with E-state index in [0.717, 1.165) is 4.31 Å². The van der Waals surface area contributed by atoms with E-state index in [2.05, 4.69) is 0 Å². The van der Waals surface area contributed by atoms with E-state index >= 15 is 0 Å². The van der Waals surface area contributed by atoms with Gasteiger partial charge in [0, 0.05) is 13.6 Å². The molecule has 0 saturated carbocycles. The number of aliphatic carboxylic acids is 1. The van der Waals surface area contributed by atoms with Gasteiger partial charge in [0.05, 0.1) is 16.5 Å². The molecule has 1 N–H and O–H groups in total. The molecular formula is C11H13Cl2NO4S. The lowest BCUT2D eigenvalue weighted by Crippen LogP contribution is -2.29. The Kier molecular flexibility index (Phi) is 5.20. The van der Waals surface area contributed by atoms with Crippen LogP contribution in [0, 0.1) is 6.92 Å². The van der Waals surface area contributed by atoms with Gasteiger partial charge in [-0.25, -0.2) is 12.7 Å². The number of halogens is 2. The number of aryl methyl sites for hydroxylation is 1. The molecular weight excluding hydrogens is 313 g/mol. The van der Waals surface area contributed by atoms with Gasteiger partial charge in [0.25, 0.3) is 0 Å². The average Bonchev–Trinajstić information content (AvgIpc) is 2.30. The third kappa shape index (κ3) is 3.60. The first kappa shape index (κ1) is 16.2. The molecule has 1 rings (SSSR count). The number of hydrogen-bond donors (Lipinski definition) is 1. The molecule has 0 saturated heterocycles. The van der Waals surface area contributed by atoms with Crippen molar-refractivity contribution in [3.05, 3.63) is 27.7 Å². The summed E-state index contributed by atoms with van der Waals surface area (Å²) in [4.78, 5) is 10.3. The zero-order chi connectivity index (χ0) is 14.8. The van der Waals surface area contributed by atoms with Gasteiger partial charge >= 0.3 is 5.97 Å². The summed E-state index contributed by atoms with van der Waals surface area (Å²) in [5, 5.41) is 8.64. The van der Waals surface area contributed by atoms with Crippen molar-refractivity contribution in [2.75, 3.05) is 13.6 Å². The lowest BCUT2D eigenvalue weighted by Gasteiger charge is -2.18. The first-order valence-electron chi connectivity index (χ1n) is 5.30. The van der Waals surface area contributed by atoms with Gasteiger partial charge in [0.2, 0.25) is 10.0 Å². The minimum atomic E-state index is -3.91. The number of rotatable bonds is 5. The Labute approximate surface area is 121 Å². The molecule has 0 aliphatic heterocycles. The maximum atomic E-state index is 12.3. The minimum Gasteiger partial charge on any atom is -0.481 e. The standard InChI is InChI=1S/C11H13Cl2NO4S/c1-7-3-4-8(12)11(10(7)13)19(17,18)14(2)6-5-9(15)16/h3-4H,5-6H2,1-2H3,(H,15,16). The maximum absolute atomic E-state index is 12.3. The molecule has 0 amide bonds. The molecule has 0 fully saturated rings. The summed E-state index contributed by atoms with van der Waals surface area (Å²) >= 11 is 11.9. The Morgan fingerprint density at radius 1 is 1.37 bits per heavy atom. The maximum Gasteiger partial charge on any atom is 0.304 e. The summed E-state index contributed by atoms with van der Waals surface area (Å²) in [6.45, 7) is 1.51. The Balaban J connectivity index is 3.21. The lowest BCUT2D eigenvalue weighted by molar-refractivity contribution is -0.137. The van der Waals surface area contributed by atoms with Crippen LogP contribution in [0.4, 0.5) is 0 Å². The molecule has 19 heavy (non-hydrogen) atoms. The van der Waals surface area contributed by atoms with Crippen LogP contribution in [0.5, 0.6) is 0 Å². The summed E-state index contributed by atoms with van der Waals surface area (Å²) < 4.78 is 25.5. The molecule has 0 radical (unpaired) electrons. The van der Waals surface area contributed by atoms with Crippen LogP contribution < -0.4 is 0 Å². The van der Waals surface area contributed by atoms with Crippen LogP contribution in [0.15, 0.2) is 17.0 Å². The zero-order valence-corrected chi connectivity index (χ0v) is 12.7. The van der Waals surface area contributed by atoms with E-state index < -0.39 is 16.0 Å². The quantitative estimate of drug-likeness (QED) is 0.901. The van der Waals surface area contributed by atoms with Crippen LogP contribution in [-0.2, 0) is 14.8 Å². The molecule has 8 heteroatoms. The number of carboxylic acid groups (broad SMARTS) is 1. The highest BCUT2D eigenvalue weighted by atomic mass is 35.5. The third-order valence-corrected chi connectivity index (χ3v) is 5.52. The zero-order valence-electron chi connectivity index (χ0n) is 10.4. The van der Waals surface area contributed by atoms with E-state index in [-0.39, 0.29) is 27.9 Å². The Morgan fingerprint density at radius 2 is 1.95 bits per heavy atom. The highest BCUT2D eigenvalue weighted by molar-refractivity contribution is 7.89. The molecule has 5 nitrogen and oxygen atoms in total. The summed E-state index contributed by atoms with van der Waals surface area (Å²) in [6, 6.07) is 3.06. The van der Waals surface area contributed by atoms with E-state index in [1.54, 1.807) is 13.0 Å². The molecule has 0 aliphatic rings. The third-order valence-electron chi connectivity index (χ3n) is 2.55. The highest BCUT2D eigenvalue weighted by Gasteiger charge is 2.27. The molecule has 0 atom stereocenters. The first-order valence-corrected chi connectivity index (χ1v) is 7.50. The fourth-order valence-electron chi connectivity index (χ4n) is 1.40. The molecule has 106 valence electrons. The summed E-state index contributed by atoms with van der Waals surface area (Å²) in [5.41, 5.74) is 0.580. The molecule has 0 aromatic heterocycles. The summed E-state index contributed by atoms with van der Waals surface area (Å²) in [6.07, 6.45) is -0.295. The smallest absolute Gasteiger partial charge is 0.304 e. The number of sulfonamides is 1. The molecule has 0 heterocycles. The van der Waals surface area contributed by atoms with Crippen molar-refractivity contribution in [2.45, 2.75) is 18.2 Å². The van der Waals surface area contributed by atoms with Crippen molar-refractivity contribution in [1.29, 1.82) is 0 Å². The number of hydrogen-bond acceptors (Lipinski definition) is 3. The van der Waals surface area contributed by atoms with Gasteiger partial charge in [-0.1, -0.05) is 29.3 Å². The average molecular weight is 326 g/mol. The molecule has 1 aromatic carbocycles. The van der Waals surface area contributed by atoms with Crippen LogP contribution in [0.3, 0.4) is 0 Å². The van der Waals surface area contributed by atoms with Crippen LogP contribution >= 0.6 is 23.2 Å². The van der Waals surface area contributed by atoms with Crippen LogP contribution in [-0.4, -0.2) is 37.4 Å². The van der Waals surface area contributed by atoms with Crippen LogP contribution in [0.25, 0.3) is 0 Å². The Morgan fingerprint density at radius 3 is 2.47 bits per heavy atom. The summed E-state index contributed by atoms with van der Waals surface area (Å²) in [7, 11) is -2.63. The number of benzene rings is 1. The fourth-order valence-corrected chi connectivity index (χ4v) is 3.70. The largest absolute Gasteiger partial charge is 0.481 e. The van der Waals surface area contributed by atoms with E-state index in [4.69, 9.17) is 28.3 Å². The molecule has 0 bridgehead atoms. The topological polar surface area (TPSA) is 74.7 Å². The lowest BCUT2D eigenvalue weighted by atomic mass is 10.2. The first-order chi connectivity index (χ1) is 8.67. The van der Waals surface area contributed by atoms with Gasteiger partial charge in [0.1, 0.15) is 4.90 Å². The number of carboxylic acids is 1. The van der Waals surface area contributed by atoms with E-state index in [1.807, 2.05) is 0 Å². The van der Waals surface area contributed by atoms with E-state index in [1.165, 1.54) is 13.1 Å². The van der Waals surface area contributed by atoms with Crippen molar-refractivity contribution in [1.82, 2.24) is 4.31 Å². The highest BCUT2D eigenvalue weighted by Crippen LogP contribution is 2.33. The number of nitrogens with zero attached hydrogens (tertiary/aromatic N) is 1. The van der Waals surface area contributed by atoms with Crippen molar-refractivity contribution in [2.24, 2.45) is 0 Å².